The van der Waals surface area contributed by atoms with E-state index in [2.05, 4.69) is 30.1 Å². The zero-order chi connectivity index (χ0) is 9.97. The first-order valence-electron chi connectivity index (χ1n) is 5.89. The van der Waals surface area contributed by atoms with Crippen molar-refractivity contribution >= 4 is 0 Å². The Morgan fingerprint density at radius 1 is 1.57 bits per heavy atom. The normalized spacial score (nSPS) is 26.0. The van der Waals surface area contributed by atoms with Crippen molar-refractivity contribution < 1.29 is 0 Å². The standard InChI is InChI=1S/C12H22N2/c1-10-5-7-14(8-6-10)11(2)9-13-12-3-4-12/h5,11-13H,3-4,6-9H2,1-2H3. The summed E-state index contributed by atoms with van der Waals surface area (Å²) in [6.45, 7) is 8.14. The Hall–Kier alpha value is -0.340. The Balaban J connectivity index is 1.71. The molecule has 1 fully saturated rings. The molecule has 0 aromatic heterocycles. The molecule has 1 aliphatic carbocycles. The molecule has 1 N–H and O–H groups in total. The number of rotatable bonds is 4. The molecule has 2 heteroatoms. The van der Waals surface area contributed by atoms with Crippen molar-refractivity contribution in [2.75, 3.05) is 19.6 Å². The van der Waals surface area contributed by atoms with Crippen LogP contribution in [-0.4, -0.2) is 36.6 Å². The fourth-order valence-electron chi connectivity index (χ4n) is 1.94. The van der Waals surface area contributed by atoms with Gasteiger partial charge in [-0.1, -0.05) is 11.6 Å². The molecule has 2 aliphatic rings. The molecule has 1 unspecified atom stereocenters. The van der Waals surface area contributed by atoms with E-state index in [4.69, 9.17) is 0 Å². The lowest BCUT2D eigenvalue weighted by Gasteiger charge is -2.31. The van der Waals surface area contributed by atoms with Gasteiger partial charge in [-0.2, -0.15) is 0 Å². The first kappa shape index (κ1) is 10.2. The van der Waals surface area contributed by atoms with Crippen molar-refractivity contribution in [1.82, 2.24) is 10.2 Å². The number of hydrogen-bond donors (Lipinski definition) is 1. The van der Waals surface area contributed by atoms with Crippen LogP contribution in [-0.2, 0) is 0 Å². The number of hydrogen-bond acceptors (Lipinski definition) is 2. The Bertz CT molecular complexity index is 218. The van der Waals surface area contributed by atoms with Crippen molar-refractivity contribution in [3.63, 3.8) is 0 Å². The van der Waals surface area contributed by atoms with E-state index < -0.39 is 0 Å². The van der Waals surface area contributed by atoms with Crippen LogP contribution >= 0.6 is 0 Å². The summed E-state index contributed by atoms with van der Waals surface area (Å²) in [5.41, 5.74) is 1.56. The first-order chi connectivity index (χ1) is 6.75. The van der Waals surface area contributed by atoms with Crippen LogP contribution in [0.15, 0.2) is 11.6 Å². The van der Waals surface area contributed by atoms with Crippen LogP contribution in [0.3, 0.4) is 0 Å². The van der Waals surface area contributed by atoms with Gasteiger partial charge in [-0.15, -0.1) is 0 Å². The molecule has 80 valence electrons. The van der Waals surface area contributed by atoms with Crippen LogP contribution < -0.4 is 5.32 Å². The molecule has 1 atom stereocenters. The van der Waals surface area contributed by atoms with E-state index >= 15 is 0 Å². The summed E-state index contributed by atoms with van der Waals surface area (Å²) in [5.74, 6) is 0. The van der Waals surface area contributed by atoms with E-state index in [-0.39, 0.29) is 0 Å². The van der Waals surface area contributed by atoms with Crippen LogP contribution in [0.25, 0.3) is 0 Å². The zero-order valence-corrected chi connectivity index (χ0v) is 9.42. The maximum absolute atomic E-state index is 3.60. The van der Waals surface area contributed by atoms with Crippen LogP contribution in [0.2, 0.25) is 0 Å². The average Bonchev–Trinajstić information content (AvgIpc) is 2.99. The van der Waals surface area contributed by atoms with Crippen molar-refractivity contribution in [2.24, 2.45) is 0 Å². The fourth-order valence-corrected chi connectivity index (χ4v) is 1.94. The molecule has 0 radical (unpaired) electrons. The van der Waals surface area contributed by atoms with Gasteiger partial charge in [0.2, 0.25) is 0 Å². The molecule has 0 aromatic rings. The van der Waals surface area contributed by atoms with E-state index in [1.165, 1.54) is 25.8 Å². The molecule has 14 heavy (non-hydrogen) atoms. The molecular formula is C12H22N2. The second kappa shape index (κ2) is 4.45. The van der Waals surface area contributed by atoms with Gasteiger partial charge in [0.15, 0.2) is 0 Å². The minimum Gasteiger partial charge on any atom is -0.312 e. The largest absolute Gasteiger partial charge is 0.312 e. The number of nitrogens with zero attached hydrogens (tertiary/aromatic N) is 1. The molecule has 0 amide bonds. The maximum Gasteiger partial charge on any atom is 0.0195 e. The van der Waals surface area contributed by atoms with Crippen LogP contribution in [0.1, 0.15) is 33.1 Å². The van der Waals surface area contributed by atoms with Gasteiger partial charge in [0.25, 0.3) is 0 Å². The lowest BCUT2D eigenvalue weighted by molar-refractivity contribution is 0.219. The third kappa shape index (κ3) is 2.82. The summed E-state index contributed by atoms with van der Waals surface area (Å²) in [6, 6.07) is 1.54. The number of nitrogens with one attached hydrogen (secondary N) is 1. The summed E-state index contributed by atoms with van der Waals surface area (Å²) >= 11 is 0. The molecule has 0 bridgehead atoms. The summed E-state index contributed by atoms with van der Waals surface area (Å²) in [5, 5.41) is 3.60. The molecular weight excluding hydrogens is 172 g/mol. The lowest BCUT2D eigenvalue weighted by Crippen LogP contribution is -2.42. The molecule has 0 spiro atoms. The molecule has 0 aromatic carbocycles. The summed E-state index contributed by atoms with van der Waals surface area (Å²) in [6.07, 6.45) is 6.42. The van der Waals surface area contributed by atoms with E-state index in [1.807, 2.05) is 0 Å². The highest BCUT2D eigenvalue weighted by molar-refractivity contribution is 5.04. The second-order valence-electron chi connectivity index (χ2n) is 4.83. The Kier molecular flexibility index (Phi) is 3.24. The van der Waals surface area contributed by atoms with E-state index in [0.717, 1.165) is 19.1 Å². The summed E-state index contributed by atoms with van der Waals surface area (Å²) in [4.78, 5) is 2.57. The molecule has 2 rings (SSSR count). The highest BCUT2D eigenvalue weighted by Gasteiger charge is 2.22. The maximum atomic E-state index is 3.60. The monoisotopic (exact) mass is 194 g/mol. The minimum absolute atomic E-state index is 0.694. The summed E-state index contributed by atoms with van der Waals surface area (Å²) in [7, 11) is 0. The molecule has 1 aliphatic heterocycles. The van der Waals surface area contributed by atoms with Gasteiger partial charge in [-0.3, -0.25) is 4.90 Å². The van der Waals surface area contributed by atoms with Crippen molar-refractivity contribution in [3.05, 3.63) is 11.6 Å². The van der Waals surface area contributed by atoms with Crippen molar-refractivity contribution in [3.8, 4) is 0 Å². The van der Waals surface area contributed by atoms with Gasteiger partial charge in [0.05, 0.1) is 0 Å². The van der Waals surface area contributed by atoms with Gasteiger partial charge < -0.3 is 5.32 Å². The van der Waals surface area contributed by atoms with Crippen molar-refractivity contribution in [1.29, 1.82) is 0 Å². The highest BCUT2D eigenvalue weighted by Crippen LogP contribution is 2.19. The van der Waals surface area contributed by atoms with E-state index in [9.17, 15) is 0 Å². The predicted molar refractivity (Wildman–Crippen MR) is 60.4 cm³/mol. The second-order valence-corrected chi connectivity index (χ2v) is 4.83. The van der Waals surface area contributed by atoms with Crippen LogP contribution in [0.5, 0.6) is 0 Å². The van der Waals surface area contributed by atoms with Gasteiger partial charge >= 0.3 is 0 Å². The molecule has 2 nitrogen and oxygen atoms in total. The van der Waals surface area contributed by atoms with Gasteiger partial charge in [-0.25, -0.2) is 0 Å². The summed E-state index contributed by atoms with van der Waals surface area (Å²) < 4.78 is 0. The van der Waals surface area contributed by atoms with Crippen molar-refractivity contribution in [2.45, 2.75) is 45.2 Å². The smallest absolute Gasteiger partial charge is 0.0195 e. The van der Waals surface area contributed by atoms with Gasteiger partial charge in [0, 0.05) is 31.7 Å². The van der Waals surface area contributed by atoms with Gasteiger partial charge in [0.1, 0.15) is 0 Å². The molecule has 1 heterocycles. The highest BCUT2D eigenvalue weighted by atomic mass is 15.2. The van der Waals surface area contributed by atoms with E-state index in [0.29, 0.717) is 6.04 Å². The molecule has 1 saturated carbocycles. The van der Waals surface area contributed by atoms with Crippen LogP contribution in [0, 0.1) is 0 Å². The quantitative estimate of drug-likeness (QED) is 0.686. The first-order valence-corrected chi connectivity index (χ1v) is 5.89. The Labute approximate surface area is 87.4 Å². The third-order valence-electron chi connectivity index (χ3n) is 3.37. The van der Waals surface area contributed by atoms with E-state index in [1.54, 1.807) is 5.57 Å². The van der Waals surface area contributed by atoms with Crippen LogP contribution in [0.4, 0.5) is 0 Å². The SMILES string of the molecule is CC1=CCN(C(C)CNC2CC2)CC1. The lowest BCUT2D eigenvalue weighted by atomic mass is 10.1. The minimum atomic E-state index is 0.694. The third-order valence-corrected chi connectivity index (χ3v) is 3.37. The Morgan fingerprint density at radius 3 is 2.93 bits per heavy atom. The Morgan fingerprint density at radius 2 is 2.36 bits per heavy atom. The zero-order valence-electron chi connectivity index (χ0n) is 9.42. The molecule has 0 saturated heterocycles. The predicted octanol–water partition coefficient (Wildman–Crippen LogP) is 1.78. The topological polar surface area (TPSA) is 15.3 Å². The fraction of sp³-hybridized carbons (Fsp3) is 0.833. The average molecular weight is 194 g/mol. The van der Waals surface area contributed by atoms with Gasteiger partial charge in [-0.05, 0) is 33.1 Å².